The van der Waals surface area contributed by atoms with Gasteiger partial charge in [0.05, 0.1) is 5.56 Å². The summed E-state index contributed by atoms with van der Waals surface area (Å²) >= 11 is 4.50. The Balaban J connectivity index is 2.24. The van der Waals surface area contributed by atoms with E-state index < -0.39 is 11.7 Å². The van der Waals surface area contributed by atoms with Gasteiger partial charge in [0, 0.05) is 15.9 Å². The monoisotopic (exact) mass is 437 g/mol. The molecular weight excluding hydrogens is 427 g/mol. The summed E-state index contributed by atoms with van der Waals surface area (Å²) in [4.78, 5) is 0. The number of hydrogen-bond donors (Lipinski definition) is 1. The Labute approximate surface area is 161 Å². The Kier molecular flexibility index (Phi) is 6.73. The normalized spacial score (nSPS) is 10.5. The van der Waals surface area contributed by atoms with Gasteiger partial charge in [-0.05, 0) is 35.9 Å². The van der Waals surface area contributed by atoms with Crippen LogP contribution < -0.4 is 5.32 Å². The smallest absolute Gasteiger partial charge is 0.349 e. The predicted octanol–water partition coefficient (Wildman–Crippen LogP) is 6.07. The van der Waals surface area contributed by atoms with Crippen LogP contribution in [0.4, 0.5) is 18.9 Å². The molecular formula is C18H11BrF3N3S. The summed E-state index contributed by atoms with van der Waals surface area (Å²) < 4.78 is 39.4. The van der Waals surface area contributed by atoms with Crippen molar-refractivity contribution in [3.8, 4) is 12.1 Å². The summed E-state index contributed by atoms with van der Waals surface area (Å²) in [6.07, 6.45) is -4.47. The average molecular weight is 438 g/mol. The first-order valence-electron chi connectivity index (χ1n) is 7.19. The molecule has 0 unspecified atom stereocenters. The summed E-state index contributed by atoms with van der Waals surface area (Å²) in [5.74, 6) is 0.446. The molecule has 2 aromatic rings. The molecule has 26 heavy (non-hydrogen) atoms. The second kappa shape index (κ2) is 8.79. The van der Waals surface area contributed by atoms with E-state index in [9.17, 15) is 13.2 Å². The van der Waals surface area contributed by atoms with Gasteiger partial charge >= 0.3 is 6.18 Å². The largest absolute Gasteiger partial charge is 0.416 e. The minimum atomic E-state index is -4.47. The molecule has 0 saturated heterocycles. The molecule has 0 aromatic heterocycles. The van der Waals surface area contributed by atoms with Crippen molar-refractivity contribution < 1.29 is 13.2 Å². The standard InChI is InChI=1S/C18H11BrF3N3S/c19-15-6-4-12(5-7-15)11-26-17(13(9-23)10-24)25-16-3-1-2-14(8-16)18(20,21)22/h1-8,25H,11H2. The fourth-order valence-electron chi connectivity index (χ4n) is 1.94. The summed E-state index contributed by atoms with van der Waals surface area (Å²) in [5.41, 5.74) is 0.0950. The Hall–Kier alpha value is -2.42. The maximum atomic E-state index is 12.8. The minimum Gasteiger partial charge on any atom is -0.349 e. The van der Waals surface area contributed by atoms with Crippen molar-refractivity contribution in [2.75, 3.05) is 5.32 Å². The van der Waals surface area contributed by atoms with Crippen LogP contribution in [0.25, 0.3) is 0 Å². The molecule has 0 aliphatic carbocycles. The number of anilines is 1. The fraction of sp³-hybridized carbons (Fsp3) is 0.111. The highest BCUT2D eigenvalue weighted by molar-refractivity contribution is 9.10. The molecule has 0 fully saturated rings. The Morgan fingerprint density at radius 2 is 1.73 bits per heavy atom. The molecule has 2 rings (SSSR count). The number of nitrogens with zero attached hydrogens (tertiary/aromatic N) is 2. The Bertz CT molecular complexity index is 878. The summed E-state index contributed by atoms with van der Waals surface area (Å²) in [7, 11) is 0. The van der Waals surface area contributed by atoms with E-state index in [1.54, 1.807) is 12.1 Å². The number of hydrogen-bond acceptors (Lipinski definition) is 4. The van der Waals surface area contributed by atoms with Crippen LogP contribution >= 0.6 is 27.7 Å². The van der Waals surface area contributed by atoms with Crippen molar-refractivity contribution in [2.45, 2.75) is 11.9 Å². The van der Waals surface area contributed by atoms with Crippen LogP contribution in [0.5, 0.6) is 0 Å². The van der Waals surface area contributed by atoms with Crippen LogP contribution in [0.2, 0.25) is 0 Å². The molecule has 1 N–H and O–H groups in total. The van der Waals surface area contributed by atoms with Crippen molar-refractivity contribution in [3.05, 3.63) is 74.7 Å². The highest BCUT2D eigenvalue weighted by Crippen LogP contribution is 2.32. The van der Waals surface area contributed by atoms with Gasteiger partial charge in [-0.1, -0.05) is 34.1 Å². The molecule has 3 nitrogen and oxygen atoms in total. The molecule has 132 valence electrons. The molecule has 0 spiro atoms. The predicted molar refractivity (Wildman–Crippen MR) is 98.8 cm³/mol. The van der Waals surface area contributed by atoms with Gasteiger partial charge in [-0.3, -0.25) is 0 Å². The minimum absolute atomic E-state index is 0.154. The van der Waals surface area contributed by atoms with Gasteiger partial charge in [-0.2, -0.15) is 23.7 Å². The molecule has 0 amide bonds. The van der Waals surface area contributed by atoms with Crippen molar-refractivity contribution in [1.82, 2.24) is 0 Å². The number of halogens is 4. The SMILES string of the molecule is N#CC(C#N)=C(Nc1cccc(C(F)(F)F)c1)SCc1ccc(Br)cc1. The van der Waals surface area contributed by atoms with E-state index in [0.29, 0.717) is 5.75 Å². The number of allylic oxidation sites excluding steroid dienone is 1. The quantitative estimate of drug-likeness (QED) is 0.576. The lowest BCUT2D eigenvalue weighted by Gasteiger charge is -2.13. The van der Waals surface area contributed by atoms with E-state index in [2.05, 4.69) is 21.2 Å². The lowest BCUT2D eigenvalue weighted by Crippen LogP contribution is -2.06. The van der Waals surface area contributed by atoms with Gasteiger partial charge in [0.15, 0.2) is 5.57 Å². The third-order valence-electron chi connectivity index (χ3n) is 3.19. The number of nitriles is 2. The lowest BCUT2D eigenvalue weighted by molar-refractivity contribution is -0.137. The second-order valence-corrected chi connectivity index (χ2v) is 6.95. The first kappa shape index (κ1) is 19.9. The number of nitrogens with one attached hydrogen (secondary N) is 1. The van der Waals surface area contributed by atoms with E-state index in [4.69, 9.17) is 10.5 Å². The van der Waals surface area contributed by atoms with E-state index in [1.807, 2.05) is 24.3 Å². The van der Waals surface area contributed by atoms with E-state index in [1.165, 1.54) is 23.9 Å². The molecule has 0 aliphatic heterocycles. The zero-order chi connectivity index (χ0) is 19.2. The zero-order valence-electron chi connectivity index (χ0n) is 13.1. The van der Waals surface area contributed by atoms with E-state index in [-0.39, 0.29) is 16.3 Å². The fourth-order valence-corrected chi connectivity index (χ4v) is 3.13. The Morgan fingerprint density at radius 3 is 2.31 bits per heavy atom. The van der Waals surface area contributed by atoms with Gasteiger partial charge in [0.25, 0.3) is 0 Å². The number of thioether (sulfide) groups is 1. The van der Waals surface area contributed by atoms with Gasteiger partial charge in [0.1, 0.15) is 17.2 Å². The first-order valence-corrected chi connectivity index (χ1v) is 8.97. The van der Waals surface area contributed by atoms with Gasteiger partial charge < -0.3 is 5.32 Å². The first-order chi connectivity index (χ1) is 12.3. The van der Waals surface area contributed by atoms with Gasteiger partial charge in [0.2, 0.25) is 0 Å². The third-order valence-corrected chi connectivity index (χ3v) is 4.80. The van der Waals surface area contributed by atoms with Crippen LogP contribution in [-0.2, 0) is 11.9 Å². The average Bonchev–Trinajstić information content (AvgIpc) is 2.61. The van der Waals surface area contributed by atoms with Crippen molar-refractivity contribution in [2.24, 2.45) is 0 Å². The number of benzene rings is 2. The van der Waals surface area contributed by atoms with Gasteiger partial charge in [-0.25, -0.2) is 0 Å². The maximum absolute atomic E-state index is 12.8. The Morgan fingerprint density at radius 1 is 1.08 bits per heavy atom. The van der Waals surface area contributed by atoms with Crippen LogP contribution in [0, 0.1) is 22.7 Å². The van der Waals surface area contributed by atoms with Crippen LogP contribution in [0.15, 0.2) is 63.6 Å². The molecule has 0 bridgehead atoms. The highest BCUT2D eigenvalue weighted by atomic mass is 79.9. The molecule has 0 aliphatic rings. The maximum Gasteiger partial charge on any atom is 0.416 e. The molecule has 0 saturated carbocycles. The van der Waals surface area contributed by atoms with Crippen molar-refractivity contribution in [1.29, 1.82) is 10.5 Å². The third kappa shape index (κ3) is 5.55. The molecule has 2 aromatic carbocycles. The topological polar surface area (TPSA) is 59.6 Å². The second-order valence-electron chi connectivity index (χ2n) is 5.05. The summed E-state index contributed by atoms with van der Waals surface area (Å²) in [5, 5.41) is 21.2. The van der Waals surface area contributed by atoms with Crippen molar-refractivity contribution >= 4 is 33.4 Å². The van der Waals surface area contributed by atoms with Crippen LogP contribution in [0.3, 0.4) is 0 Å². The molecule has 8 heteroatoms. The molecule has 0 radical (unpaired) electrons. The zero-order valence-corrected chi connectivity index (χ0v) is 15.5. The molecule has 0 heterocycles. The van der Waals surface area contributed by atoms with Crippen LogP contribution in [0.1, 0.15) is 11.1 Å². The lowest BCUT2D eigenvalue weighted by atomic mass is 10.2. The number of alkyl halides is 3. The summed E-state index contributed by atoms with van der Waals surface area (Å²) in [6.45, 7) is 0. The van der Waals surface area contributed by atoms with E-state index >= 15 is 0 Å². The number of rotatable bonds is 5. The van der Waals surface area contributed by atoms with E-state index in [0.717, 1.165) is 22.2 Å². The molecule has 0 atom stereocenters. The highest BCUT2D eigenvalue weighted by Gasteiger charge is 2.30. The van der Waals surface area contributed by atoms with Crippen molar-refractivity contribution in [3.63, 3.8) is 0 Å². The van der Waals surface area contributed by atoms with Gasteiger partial charge in [-0.15, -0.1) is 11.8 Å². The summed E-state index contributed by atoms with van der Waals surface area (Å²) in [6, 6.07) is 15.6. The van der Waals surface area contributed by atoms with Crippen LogP contribution in [-0.4, -0.2) is 0 Å².